The molecule has 0 aliphatic rings. The number of carbonyl (C=O) groups is 1. The lowest BCUT2D eigenvalue weighted by molar-refractivity contribution is -0.137. The number of rotatable bonds is 6. The van der Waals surface area contributed by atoms with Gasteiger partial charge in [-0.2, -0.15) is 0 Å². The SMILES string of the molecule is Cc1ccc2nc(SCc3ccccc3)n(CCC(=O)O)c2c1. The first-order valence-corrected chi connectivity index (χ1v) is 8.47. The largest absolute Gasteiger partial charge is 0.481 e. The van der Waals surface area contributed by atoms with Crippen LogP contribution >= 0.6 is 11.8 Å². The fraction of sp³-hybridized carbons (Fsp3) is 0.222. The number of thioether (sulfide) groups is 1. The molecule has 0 bridgehead atoms. The number of fused-ring (bicyclic) bond motifs is 1. The van der Waals surface area contributed by atoms with Gasteiger partial charge in [0, 0.05) is 12.3 Å². The number of hydrogen-bond donors (Lipinski definition) is 1. The molecule has 0 amide bonds. The Morgan fingerprint density at radius 2 is 2.00 bits per heavy atom. The lowest BCUT2D eigenvalue weighted by atomic mass is 10.2. The molecule has 23 heavy (non-hydrogen) atoms. The van der Waals surface area contributed by atoms with Crippen LogP contribution in [0.2, 0.25) is 0 Å². The molecule has 2 aromatic carbocycles. The van der Waals surface area contributed by atoms with Gasteiger partial charge >= 0.3 is 5.97 Å². The summed E-state index contributed by atoms with van der Waals surface area (Å²) in [5.74, 6) is 0.0226. The zero-order chi connectivity index (χ0) is 16.2. The third-order valence-corrected chi connectivity index (χ3v) is 4.68. The van der Waals surface area contributed by atoms with Crippen LogP contribution in [0.3, 0.4) is 0 Å². The molecule has 1 aromatic heterocycles. The average molecular weight is 326 g/mol. The van der Waals surface area contributed by atoms with Crippen LogP contribution in [0.25, 0.3) is 11.0 Å². The van der Waals surface area contributed by atoms with Gasteiger partial charge in [0.05, 0.1) is 17.5 Å². The van der Waals surface area contributed by atoms with Crippen molar-refractivity contribution in [3.63, 3.8) is 0 Å². The van der Waals surface area contributed by atoms with Crippen LogP contribution in [-0.4, -0.2) is 20.6 Å². The molecule has 0 saturated carbocycles. The van der Waals surface area contributed by atoms with Crippen molar-refractivity contribution in [2.24, 2.45) is 0 Å². The van der Waals surface area contributed by atoms with Crippen molar-refractivity contribution in [1.29, 1.82) is 0 Å². The number of benzene rings is 2. The maximum absolute atomic E-state index is 10.9. The molecular weight excluding hydrogens is 308 g/mol. The summed E-state index contributed by atoms with van der Waals surface area (Å²) in [6, 6.07) is 16.3. The van der Waals surface area contributed by atoms with Gasteiger partial charge in [0.25, 0.3) is 0 Å². The summed E-state index contributed by atoms with van der Waals surface area (Å²) in [4.78, 5) is 15.6. The van der Waals surface area contributed by atoms with E-state index < -0.39 is 5.97 Å². The Hall–Kier alpha value is -2.27. The third kappa shape index (κ3) is 3.74. The second-order valence-corrected chi connectivity index (χ2v) is 6.40. The fourth-order valence-electron chi connectivity index (χ4n) is 2.47. The molecule has 4 nitrogen and oxygen atoms in total. The van der Waals surface area contributed by atoms with E-state index in [0.29, 0.717) is 6.54 Å². The molecule has 5 heteroatoms. The summed E-state index contributed by atoms with van der Waals surface area (Å²) in [6.07, 6.45) is 0.0955. The van der Waals surface area contributed by atoms with Gasteiger partial charge in [0.15, 0.2) is 5.16 Å². The smallest absolute Gasteiger partial charge is 0.305 e. The number of aromatic nitrogens is 2. The molecule has 3 aromatic rings. The topological polar surface area (TPSA) is 55.1 Å². The van der Waals surface area contributed by atoms with Crippen LogP contribution in [0, 0.1) is 6.92 Å². The Kier molecular flexibility index (Phi) is 4.67. The van der Waals surface area contributed by atoms with Crippen LogP contribution in [0.1, 0.15) is 17.5 Å². The molecule has 0 atom stereocenters. The third-order valence-electron chi connectivity index (χ3n) is 3.63. The average Bonchev–Trinajstić information content (AvgIpc) is 2.88. The van der Waals surface area contributed by atoms with Crippen molar-refractivity contribution in [2.75, 3.05) is 0 Å². The number of carboxylic acid groups (broad SMARTS) is 1. The highest BCUT2D eigenvalue weighted by molar-refractivity contribution is 7.98. The van der Waals surface area contributed by atoms with E-state index in [1.54, 1.807) is 11.8 Å². The second-order valence-electron chi connectivity index (χ2n) is 5.46. The summed E-state index contributed by atoms with van der Waals surface area (Å²) >= 11 is 1.64. The number of nitrogens with zero attached hydrogens (tertiary/aromatic N) is 2. The summed E-state index contributed by atoms with van der Waals surface area (Å²) < 4.78 is 2.02. The van der Waals surface area contributed by atoms with E-state index in [0.717, 1.165) is 27.5 Å². The van der Waals surface area contributed by atoms with Gasteiger partial charge in [-0.05, 0) is 30.2 Å². The molecular formula is C18H18N2O2S. The standard InChI is InChI=1S/C18H18N2O2S/c1-13-7-8-15-16(11-13)20(10-9-17(21)22)18(19-15)23-12-14-5-3-2-4-6-14/h2-8,11H,9-10,12H2,1H3,(H,21,22). The Morgan fingerprint density at radius 3 is 2.74 bits per heavy atom. The van der Waals surface area contributed by atoms with Gasteiger partial charge in [-0.1, -0.05) is 48.2 Å². The first kappa shape index (κ1) is 15.6. The summed E-state index contributed by atoms with van der Waals surface area (Å²) in [5, 5.41) is 9.87. The summed E-state index contributed by atoms with van der Waals surface area (Å²) in [6.45, 7) is 2.47. The zero-order valence-electron chi connectivity index (χ0n) is 12.9. The van der Waals surface area contributed by atoms with Crippen LogP contribution in [0.5, 0.6) is 0 Å². The summed E-state index contributed by atoms with van der Waals surface area (Å²) in [5.41, 5.74) is 4.29. The van der Waals surface area contributed by atoms with Crippen LogP contribution in [0.15, 0.2) is 53.7 Å². The quantitative estimate of drug-likeness (QED) is 0.693. The van der Waals surface area contributed by atoms with Gasteiger partial charge in [-0.15, -0.1) is 0 Å². The molecule has 0 radical (unpaired) electrons. The number of carboxylic acids is 1. The summed E-state index contributed by atoms with van der Waals surface area (Å²) in [7, 11) is 0. The maximum Gasteiger partial charge on any atom is 0.305 e. The minimum absolute atomic E-state index is 0.0955. The van der Waals surface area contributed by atoms with Gasteiger partial charge in [-0.3, -0.25) is 4.79 Å². The lowest BCUT2D eigenvalue weighted by Gasteiger charge is -2.08. The van der Waals surface area contributed by atoms with Crippen LogP contribution < -0.4 is 0 Å². The number of hydrogen-bond acceptors (Lipinski definition) is 3. The van der Waals surface area contributed by atoms with E-state index in [4.69, 9.17) is 5.11 Å². The first-order chi connectivity index (χ1) is 11.1. The van der Waals surface area contributed by atoms with Crippen LogP contribution in [0.4, 0.5) is 0 Å². The van der Waals surface area contributed by atoms with E-state index in [9.17, 15) is 4.79 Å². The lowest BCUT2D eigenvalue weighted by Crippen LogP contribution is -2.05. The predicted octanol–water partition coefficient (Wildman–Crippen LogP) is 4.11. The molecule has 0 aliphatic carbocycles. The molecule has 0 saturated heterocycles. The molecule has 3 rings (SSSR count). The highest BCUT2D eigenvalue weighted by Crippen LogP contribution is 2.27. The second kappa shape index (κ2) is 6.87. The molecule has 0 spiro atoms. The molecule has 0 unspecified atom stereocenters. The fourth-order valence-corrected chi connectivity index (χ4v) is 3.46. The molecule has 0 aliphatic heterocycles. The Bertz CT molecular complexity index is 828. The Balaban J connectivity index is 1.90. The van der Waals surface area contributed by atoms with Crippen molar-refractivity contribution in [3.05, 3.63) is 59.7 Å². The van der Waals surface area contributed by atoms with E-state index in [1.807, 2.05) is 41.8 Å². The van der Waals surface area contributed by atoms with Crippen molar-refractivity contribution in [3.8, 4) is 0 Å². The van der Waals surface area contributed by atoms with Crippen LogP contribution in [-0.2, 0) is 17.1 Å². The predicted molar refractivity (Wildman–Crippen MR) is 92.7 cm³/mol. The molecule has 118 valence electrons. The Labute approximate surface area is 139 Å². The minimum atomic E-state index is -0.793. The van der Waals surface area contributed by atoms with Gasteiger partial charge < -0.3 is 9.67 Å². The molecule has 0 fully saturated rings. The minimum Gasteiger partial charge on any atom is -0.481 e. The number of imidazole rings is 1. The first-order valence-electron chi connectivity index (χ1n) is 7.49. The highest BCUT2D eigenvalue weighted by Gasteiger charge is 2.12. The van der Waals surface area contributed by atoms with Crippen molar-refractivity contribution in [2.45, 2.75) is 30.8 Å². The van der Waals surface area contributed by atoms with E-state index in [-0.39, 0.29) is 6.42 Å². The van der Waals surface area contributed by atoms with Gasteiger partial charge in [-0.25, -0.2) is 4.98 Å². The normalized spacial score (nSPS) is 11.0. The van der Waals surface area contributed by atoms with Crippen molar-refractivity contribution < 1.29 is 9.90 Å². The van der Waals surface area contributed by atoms with Crippen molar-refractivity contribution >= 4 is 28.8 Å². The zero-order valence-corrected chi connectivity index (χ0v) is 13.7. The van der Waals surface area contributed by atoms with Gasteiger partial charge in [0.1, 0.15) is 0 Å². The number of aliphatic carboxylic acids is 1. The van der Waals surface area contributed by atoms with E-state index >= 15 is 0 Å². The van der Waals surface area contributed by atoms with Gasteiger partial charge in [0.2, 0.25) is 0 Å². The Morgan fingerprint density at radius 1 is 1.22 bits per heavy atom. The molecule has 1 heterocycles. The number of aryl methyl sites for hydroxylation is 2. The van der Waals surface area contributed by atoms with E-state index in [1.165, 1.54) is 5.56 Å². The highest BCUT2D eigenvalue weighted by atomic mass is 32.2. The van der Waals surface area contributed by atoms with E-state index in [2.05, 4.69) is 23.2 Å². The molecule has 1 N–H and O–H groups in total. The van der Waals surface area contributed by atoms with Crippen molar-refractivity contribution in [1.82, 2.24) is 9.55 Å². The monoisotopic (exact) mass is 326 g/mol. The maximum atomic E-state index is 10.9.